The lowest BCUT2D eigenvalue weighted by Gasteiger charge is -2.29. The zero-order valence-corrected chi connectivity index (χ0v) is 13.3. The Hall–Kier alpha value is -2.35. The molecule has 2 aromatic carbocycles. The van der Waals surface area contributed by atoms with Crippen LogP contribution in [0.25, 0.3) is 0 Å². The van der Waals surface area contributed by atoms with Gasteiger partial charge in [0.2, 0.25) is 0 Å². The molecule has 0 aliphatic heterocycles. The van der Waals surface area contributed by atoms with Gasteiger partial charge in [0.05, 0.1) is 0 Å². The van der Waals surface area contributed by atoms with Gasteiger partial charge in [-0.15, -0.1) is 0 Å². The Morgan fingerprint density at radius 3 is 1.91 bits per heavy atom. The standard InChI is InChI=1S/C21H22O2/c1-2-21(22)23-20-14-12-19(13-15-20)18-10-8-17(9-11-18)16-6-4-3-5-7-16/h2-7,12-15,17-18H,1,8-11H2. The van der Waals surface area contributed by atoms with E-state index in [-0.39, 0.29) is 0 Å². The molecule has 2 heteroatoms. The second kappa shape index (κ2) is 7.28. The van der Waals surface area contributed by atoms with E-state index in [0.717, 1.165) is 0 Å². The topological polar surface area (TPSA) is 26.3 Å². The minimum absolute atomic E-state index is 0.416. The maximum Gasteiger partial charge on any atom is 0.335 e. The van der Waals surface area contributed by atoms with Crippen LogP contribution < -0.4 is 4.74 Å². The molecule has 0 bridgehead atoms. The first-order chi connectivity index (χ1) is 11.3. The van der Waals surface area contributed by atoms with Gasteiger partial charge in [-0.1, -0.05) is 49.0 Å². The number of esters is 1. The van der Waals surface area contributed by atoms with Gasteiger partial charge in [0.25, 0.3) is 0 Å². The highest BCUT2D eigenvalue weighted by molar-refractivity contribution is 5.83. The lowest BCUT2D eigenvalue weighted by molar-refractivity contribution is -0.128. The Kier molecular flexibility index (Phi) is 4.92. The first kappa shape index (κ1) is 15.5. The summed E-state index contributed by atoms with van der Waals surface area (Å²) in [5, 5.41) is 0. The molecular formula is C21H22O2. The van der Waals surface area contributed by atoms with Gasteiger partial charge < -0.3 is 4.74 Å². The molecule has 0 unspecified atom stereocenters. The smallest absolute Gasteiger partial charge is 0.335 e. The van der Waals surface area contributed by atoms with Crippen LogP contribution in [0.2, 0.25) is 0 Å². The third-order valence-electron chi connectivity index (χ3n) is 4.73. The van der Waals surface area contributed by atoms with Crippen LogP contribution in [-0.2, 0) is 4.79 Å². The molecular weight excluding hydrogens is 284 g/mol. The summed E-state index contributed by atoms with van der Waals surface area (Å²) < 4.78 is 5.12. The van der Waals surface area contributed by atoms with Crippen molar-refractivity contribution in [1.82, 2.24) is 0 Å². The van der Waals surface area contributed by atoms with E-state index in [1.165, 1.54) is 42.9 Å². The Labute approximate surface area is 137 Å². The molecule has 2 aromatic rings. The van der Waals surface area contributed by atoms with Crippen molar-refractivity contribution >= 4 is 5.97 Å². The minimum Gasteiger partial charge on any atom is -0.423 e. The second-order valence-corrected chi connectivity index (χ2v) is 6.15. The molecule has 2 nitrogen and oxygen atoms in total. The second-order valence-electron chi connectivity index (χ2n) is 6.15. The van der Waals surface area contributed by atoms with Crippen LogP contribution in [0.15, 0.2) is 67.3 Å². The van der Waals surface area contributed by atoms with Gasteiger partial charge in [0.1, 0.15) is 5.75 Å². The minimum atomic E-state index is -0.416. The molecule has 3 rings (SSSR count). The number of ether oxygens (including phenoxy) is 1. The Morgan fingerprint density at radius 2 is 1.39 bits per heavy atom. The number of benzene rings is 2. The predicted molar refractivity (Wildman–Crippen MR) is 92.7 cm³/mol. The monoisotopic (exact) mass is 306 g/mol. The molecule has 23 heavy (non-hydrogen) atoms. The number of carbonyl (C=O) groups is 1. The summed E-state index contributed by atoms with van der Waals surface area (Å²) >= 11 is 0. The van der Waals surface area contributed by atoms with Crippen molar-refractivity contribution in [2.45, 2.75) is 37.5 Å². The molecule has 1 aliphatic carbocycles. The zero-order chi connectivity index (χ0) is 16.1. The van der Waals surface area contributed by atoms with Crippen LogP contribution in [0, 0.1) is 0 Å². The summed E-state index contributed by atoms with van der Waals surface area (Å²) in [5.74, 6) is 1.47. The molecule has 0 amide bonds. The summed E-state index contributed by atoms with van der Waals surface area (Å²) in [6, 6.07) is 18.7. The number of carbonyl (C=O) groups excluding carboxylic acids is 1. The van der Waals surface area contributed by atoms with E-state index in [4.69, 9.17) is 4.74 Å². The Morgan fingerprint density at radius 1 is 0.870 bits per heavy atom. The van der Waals surface area contributed by atoms with Crippen molar-refractivity contribution in [2.75, 3.05) is 0 Å². The molecule has 0 aromatic heterocycles. The van der Waals surface area contributed by atoms with Gasteiger partial charge in [-0.05, 0) is 60.8 Å². The maximum absolute atomic E-state index is 11.2. The molecule has 0 heterocycles. The average Bonchev–Trinajstić information content (AvgIpc) is 2.63. The van der Waals surface area contributed by atoms with E-state index in [2.05, 4.69) is 49.0 Å². The molecule has 1 aliphatic rings. The van der Waals surface area contributed by atoms with Gasteiger partial charge in [-0.2, -0.15) is 0 Å². The quantitative estimate of drug-likeness (QED) is 0.440. The fourth-order valence-corrected chi connectivity index (χ4v) is 3.45. The number of hydrogen-bond acceptors (Lipinski definition) is 2. The van der Waals surface area contributed by atoms with Crippen LogP contribution in [0.4, 0.5) is 0 Å². The first-order valence-electron chi connectivity index (χ1n) is 8.25. The van der Waals surface area contributed by atoms with Crippen LogP contribution in [0.3, 0.4) is 0 Å². The van der Waals surface area contributed by atoms with Gasteiger partial charge in [0, 0.05) is 6.08 Å². The Bertz CT molecular complexity index is 650. The van der Waals surface area contributed by atoms with Crippen LogP contribution in [-0.4, -0.2) is 5.97 Å². The fraction of sp³-hybridized carbons (Fsp3) is 0.286. The molecule has 0 saturated heterocycles. The van der Waals surface area contributed by atoms with Gasteiger partial charge in [-0.3, -0.25) is 0 Å². The van der Waals surface area contributed by atoms with Gasteiger partial charge in [-0.25, -0.2) is 4.79 Å². The highest BCUT2D eigenvalue weighted by atomic mass is 16.5. The van der Waals surface area contributed by atoms with E-state index < -0.39 is 5.97 Å². The van der Waals surface area contributed by atoms with Crippen molar-refractivity contribution in [2.24, 2.45) is 0 Å². The molecule has 0 radical (unpaired) electrons. The summed E-state index contributed by atoms with van der Waals surface area (Å²) in [6.45, 7) is 3.41. The van der Waals surface area contributed by atoms with E-state index >= 15 is 0 Å². The third-order valence-corrected chi connectivity index (χ3v) is 4.73. The van der Waals surface area contributed by atoms with E-state index in [0.29, 0.717) is 17.6 Å². The maximum atomic E-state index is 11.2. The summed E-state index contributed by atoms with van der Waals surface area (Å²) in [5.41, 5.74) is 2.81. The Balaban J connectivity index is 1.59. The summed E-state index contributed by atoms with van der Waals surface area (Å²) in [4.78, 5) is 11.2. The fourth-order valence-electron chi connectivity index (χ4n) is 3.45. The van der Waals surface area contributed by atoms with Crippen LogP contribution in [0.1, 0.15) is 48.6 Å². The first-order valence-corrected chi connectivity index (χ1v) is 8.25. The van der Waals surface area contributed by atoms with Crippen molar-refractivity contribution in [3.8, 4) is 5.75 Å². The third kappa shape index (κ3) is 3.89. The average molecular weight is 306 g/mol. The lowest BCUT2D eigenvalue weighted by Crippen LogP contribution is -2.12. The summed E-state index contributed by atoms with van der Waals surface area (Å²) in [6.07, 6.45) is 6.08. The van der Waals surface area contributed by atoms with Crippen molar-refractivity contribution in [3.63, 3.8) is 0 Å². The van der Waals surface area contributed by atoms with E-state index in [1.54, 1.807) is 0 Å². The largest absolute Gasteiger partial charge is 0.423 e. The SMILES string of the molecule is C=CC(=O)Oc1ccc(C2CCC(c3ccccc3)CC2)cc1. The van der Waals surface area contributed by atoms with Gasteiger partial charge in [0.15, 0.2) is 0 Å². The highest BCUT2D eigenvalue weighted by Crippen LogP contribution is 2.40. The van der Waals surface area contributed by atoms with Crippen LogP contribution >= 0.6 is 0 Å². The van der Waals surface area contributed by atoms with Crippen LogP contribution in [0.5, 0.6) is 5.75 Å². The molecule has 1 saturated carbocycles. The van der Waals surface area contributed by atoms with Crippen molar-refractivity contribution in [1.29, 1.82) is 0 Å². The molecule has 0 N–H and O–H groups in total. The zero-order valence-electron chi connectivity index (χ0n) is 13.3. The normalized spacial score (nSPS) is 20.7. The van der Waals surface area contributed by atoms with Crippen molar-refractivity contribution < 1.29 is 9.53 Å². The van der Waals surface area contributed by atoms with Gasteiger partial charge >= 0.3 is 5.97 Å². The predicted octanol–water partition coefficient (Wildman–Crippen LogP) is 5.22. The van der Waals surface area contributed by atoms with E-state index in [9.17, 15) is 4.79 Å². The molecule has 0 spiro atoms. The molecule has 1 fully saturated rings. The summed E-state index contributed by atoms with van der Waals surface area (Å²) in [7, 11) is 0. The molecule has 0 atom stereocenters. The lowest BCUT2D eigenvalue weighted by atomic mass is 9.76. The number of rotatable bonds is 4. The highest BCUT2D eigenvalue weighted by Gasteiger charge is 2.23. The number of hydrogen-bond donors (Lipinski definition) is 0. The molecule has 118 valence electrons. The van der Waals surface area contributed by atoms with E-state index in [1.807, 2.05) is 12.1 Å². The van der Waals surface area contributed by atoms with Crippen molar-refractivity contribution in [3.05, 3.63) is 78.4 Å².